The lowest BCUT2D eigenvalue weighted by Crippen LogP contribution is -2.36. The highest BCUT2D eigenvalue weighted by Gasteiger charge is 2.41. The number of hydrogen-bond donors (Lipinski definition) is 1. The summed E-state index contributed by atoms with van der Waals surface area (Å²) in [6.07, 6.45) is 1.10. The van der Waals surface area contributed by atoms with Gasteiger partial charge in [-0.2, -0.15) is 0 Å². The number of esters is 1. The monoisotopic (exact) mass is 479 g/mol. The molecule has 0 amide bonds. The van der Waals surface area contributed by atoms with Crippen molar-refractivity contribution in [2.24, 2.45) is 0 Å². The second kappa shape index (κ2) is 10.2. The molecule has 5 nitrogen and oxygen atoms in total. The van der Waals surface area contributed by atoms with Gasteiger partial charge in [0, 0.05) is 29.3 Å². The molecule has 0 spiro atoms. The first-order valence-electron chi connectivity index (χ1n) is 12.2. The van der Waals surface area contributed by atoms with Crippen molar-refractivity contribution in [2.75, 3.05) is 7.11 Å². The molecule has 5 heteroatoms. The van der Waals surface area contributed by atoms with Gasteiger partial charge in [-0.1, -0.05) is 72.8 Å². The van der Waals surface area contributed by atoms with Crippen molar-refractivity contribution < 1.29 is 19.1 Å². The van der Waals surface area contributed by atoms with Crippen LogP contribution in [-0.4, -0.2) is 18.9 Å². The first kappa shape index (κ1) is 23.6. The highest BCUT2D eigenvalue weighted by atomic mass is 16.5. The maximum Gasteiger partial charge on any atom is 0.337 e. The number of carbonyl (C=O) groups is 2. The second-order valence-corrected chi connectivity index (χ2v) is 9.27. The molecule has 3 aromatic carbocycles. The molecule has 0 fully saturated rings. The summed E-state index contributed by atoms with van der Waals surface area (Å²) in [6, 6.07) is 27.3. The number of ether oxygens (including phenoxy) is 2. The van der Waals surface area contributed by atoms with E-state index in [-0.39, 0.29) is 18.3 Å². The maximum absolute atomic E-state index is 13.7. The van der Waals surface area contributed by atoms with Gasteiger partial charge in [-0.3, -0.25) is 4.79 Å². The Kier molecular flexibility index (Phi) is 6.72. The number of hydrogen-bond acceptors (Lipinski definition) is 5. The van der Waals surface area contributed by atoms with Crippen LogP contribution in [0.3, 0.4) is 0 Å². The lowest BCUT2D eigenvalue weighted by Gasteiger charge is -2.36. The Hall–Kier alpha value is -4.12. The van der Waals surface area contributed by atoms with Crippen LogP contribution in [0.2, 0.25) is 0 Å². The minimum Gasteiger partial charge on any atom is -0.497 e. The average molecular weight is 480 g/mol. The molecule has 0 radical (unpaired) electrons. The summed E-state index contributed by atoms with van der Waals surface area (Å²) in [7, 11) is 1.61. The number of rotatable bonds is 6. The summed E-state index contributed by atoms with van der Waals surface area (Å²) in [6.45, 7) is 2.05. The van der Waals surface area contributed by atoms with Crippen molar-refractivity contribution in [3.63, 3.8) is 0 Å². The number of benzene rings is 3. The third-order valence-corrected chi connectivity index (χ3v) is 6.96. The SMILES string of the molecule is COc1cccc([C@@H]2C(C(=O)OCc3ccccc3)=C(C)NC3=C2C(=O)C[C@H](c2ccccc2)C3)c1. The van der Waals surface area contributed by atoms with Crippen LogP contribution in [0.15, 0.2) is 107 Å². The molecule has 1 N–H and O–H groups in total. The van der Waals surface area contributed by atoms with E-state index in [9.17, 15) is 9.59 Å². The Bertz CT molecular complexity index is 1340. The average Bonchev–Trinajstić information content (AvgIpc) is 2.92. The van der Waals surface area contributed by atoms with Crippen molar-refractivity contribution in [3.8, 4) is 5.75 Å². The molecule has 2 aliphatic rings. The molecule has 1 aliphatic carbocycles. The molecule has 1 heterocycles. The minimum atomic E-state index is -0.524. The molecule has 3 aromatic rings. The number of nitrogens with one attached hydrogen (secondary N) is 1. The van der Waals surface area contributed by atoms with Gasteiger partial charge < -0.3 is 14.8 Å². The molecule has 5 rings (SSSR count). The van der Waals surface area contributed by atoms with Crippen LogP contribution in [0.25, 0.3) is 0 Å². The first-order chi connectivity index (χ1) is 17.5. The van der Waals surface area contributed by atoms with Gasteiger partial charge >= 0.3 is 5.97 Å². The Morgan fingerprint density at radius 1 is 0.917 bits per heavy atom. The molecule has 2 atom stereocenters. The first-order valence-corrected chi connectivity index (χ1v) is 12.2. The molecule has 1 aliphatic heterocycles. The molecule has 0 saturated carbocycles. The number of dihydropyridines is 1. The van der Waals surface area contributed by atoms with Crippen LogP contribution in [0, 0.1) is 0 Å². The summed E-state index contributed by atoms with van der Waals surface area (Å²) in [5, 5.41) is 3.41. The predicted octanol–water partition coefficient (Wildman–Crippen LogP) is 5.80. The molecule has 0 unspecified atom stereocenters. The topological polar surface area (TPSA) is 64.6 Å². The number of carbonyl (C=O) groups excluding carboxylic acids is 2. The molecular formula is C31H29NO4. The summed E-state index contributed by atoms with van der Waals surface area (Å²) in [5.41, 5.74) is 5.58. The zero-order chi connectivity index (χ0) is 25.1. The third-order valence-electron chi connectivity index (χ3n) is 6.96. The molecule has 0 aromatic heterocycles. The van der Waals surface area contributed by atoms with Gasteiger partial charge in [0.05, 0.1) is 12.7 Å². The van der Waals surface area contributed by atoms with Gasteiger partial charge in [0.2, 0.25) is 0 Å². The smallest absolute Gasteiger partial charge is 0.337 e. The zero-order valence-corrected chi connectivity index (χ0v) is 20.5. The van der Waals surface area contributed by atoms with E-state index in [2.05, 4.69) is 17.4 Å². The van der Waals surface area contributed by atoms with Crippen LogP contribution < -0.4 is 10.1 Å². The van der Waals surface area contributed by atoms with Gasteiger partial charge in [-0.05, 0) is 48.1 Å². The fourth-order valence-electron chi connectivity index (χ4n) is 5.23. The van der Waals surface area contributed by atoms with E-state index >= 15 is 0 Å². The number of methoxy groups -OCH3 is 1. The van der Waals surface area contributed by atoms with Crippen molar-refractivity contribution in [3.05, 3.63) is 124 Å². The van der Waals surface area contributed by atoms with Crippen molar-refractivity contribution >= 4 is 11.8 Å². The van der Waals surface area contributed by atoms with Gasteiger partial charge in [0.15, 0.2) is 5.78 Å². The van der Waals surface area contributed by atoms with Gasteiger partial charge in [0.25, 0.3) is 0 Å². The molecule has 182 valence electrons. The lowest BCUT2D eigenvalue weighted by atomic mass is 9.71. The standard InChI is InChI=1S/C31H29NO4/c1-20-28(31(34)36-19-21-10-5-3-6-11-21)29(23-14-9-15-25(16-23)35-2)30-26(32-20)17-24(18-27(30)33)22-12-7-4-8-13-22/h3-16,24,29,32H,17-19H2,1-2H3/t24-,29-/m1/s1. The summed E-state index contributed by atoms with van der Waals surface area (Å²) < 4.78 is 11.2. The highest BCUT2D eigenvalue weighted by molar-refractivity contribution is 6.04. The number of ketones is 1. The Labute approximate surface area is 211 Å². The molecule has 0 saturated heterocycles. The van der Waals surface area contributed by atoms with Crippen molar-refractivity contribution in [1.29, 1.82) is 0 Å². The zero-order valence-electron chi connectivity index (χ0n) is 20.5. The van der Waals surface area contributed by atoms with Crippen LogP contribution in [0.5, 0.6) is 5.75 Å². The Morgan fingerprint density at radius 2 is 1.61 bits per heavy atom. The van der Waals surface area contributed by atoms with Gasteiger partial charge in [-0.15, -0.1) is 0 Å². The van der Waals surface area contributed by atoms with Crippen molar-refractivity contribution in [1.82, 2.24) is 5.32 Å². The predicted molar refractivity (Wildman–Crippen MR) is 138 cm³/mol. The maximum atomic E-state index is 13.7. The van der Waals surface area contributed by atoms with E-state index in [1.54, 1.807) is 7.11 Å². The highest BCUT2D eigenvalue weighted by Crippen LogP contribution is 2.46. The fourth-order valence-corrected chi connectivity index (χ4v) is 5.23. The van der Waals surface area contributed by atoms with E-state index in [0.717, 1.165) is 22.4 Å². The van der Waals surface area contributed by atoms with E-state index < -0.39 is 11.9 Å². The van der Waals surface area contributed by atoms with Crippen LogP contribution in [0.4, 0.5) is 0 Å². The summed E-state index contributed by atoms with van der Waals surface area (Å²) in [5.74, 6) is -0.139. The van der Waals surface area contributed by atoms with E-state index in [1.807, 2.05) is 79.7 Å². The van der Waals surface area contributed by atoms with E-state index in [1.165, 1.54) is 0 Å². The van der Waals surface area contributed by atoms with Crippen LogP contribution >= 0.6 is 0 Å². The van der Waals surface area contributed by atoms with E-state index in [4.69, 9.17) is 9.47 Å². The lowest BCUT2D eigenvalue weighted by molar-refractivity contribution is -0.140. The molecular weight excluding hydrogens is 450 g/mol. The fraction of sp³-hybridized carbons (Fsp3) is 0.226. The van der Waals surface area contributed by atoms with Crippen LogP contribution in [-0.2, 0) is 20.9 Å². The van der Waals surface area contributed by atoms with Gasteiger partial charge in [-0.25, -0.2) is 4.79 Å². The quantitative estimate of drug-likeness (QED) is 0.453. The number of Topliss-reactive ketones (excluding diaryl/α,β-unsaturated/α-hetero) is 1. The summed E-state index contributed by atoms with van der Waals surface area (Å²) >= 11 is 0. The minimum absolute atomic E-state index is 0.0475. The van der Waals surface area contributed by atoms with E-state index in [0.29, 0.717) is 35.4 Å². The van der Waals surface area contributed by atoms with Crippen LogP contribution in [0.1, 0.15) is 48.3 Å². The second-order valence-electron chi connectivity index (χ2n) is 9.27. The third kappa shape index (κ3) is 4.69. The molecule has 36 heavy (non-hydrogen) atoms. The molecule has 0 bridgehead atoms. The Balaban J connectivity index is 1.53. The van der Waals surface area contributed by atoms with Gasteiger partial charge in [0.1, 0.15) is 12.4 Å². The van der Waals surface area contributed by atoms with Crippen molar-refractivity contribution in [2.45, 2.75) is 38.2 Å². The normalized spacial score (nSPS) is 19.4. The number of allylic oxidation sites excluding steroid dienone is 3. The summed E-state index contributed by atoms with van der Waals surface area (Å²) in [4.78, 5) is 27.2. The largest absolute Gasteiger partial charge is 0.497 e. The Morgan fingerprint density at radius 3 is 2.33 bits per heavy atom.